The maximum absolute atomic E-state index is 8.60. The molecule has 0 aliphatic heterocycles. The van der Waals surface area contributed by atoms with Crippen LogP contribution in [0, 0.1) is 0 Å². The predicted molar refractivity (Wildman–Crippen MR) is 115 cm³/mol. The van der Waals surface area contributed by atoms with Crippen LogP contribution < -0.4 is 0 Å². The van der Waals surface area contributed by atoms with Crippen LogP contribution in [-0.2, 0) is 0 Å². The number of aliphatic hydroxyl groups excluding tert-OH is 3. The molecule has 0 amide bonds. The van der Waals surface area contributed by atoms with Crippen LogP contribution in [-0.4, -0.2) is 52.4 Å². The van der Waals surface area contributed by atoms with Gasteiger partial charge in [0, 0.05) is 31.3 Å². The van der Waals surface area contributed by atoms with Crippen molar-refractivity contribution in [3.8, 4) is 0 Å². The van der Waals surface area contributed by atoms with E-state index < -0.39 is 0 Å². The fourth-order valence-electron chi connectivity index (χ4n) is 1.95. The molecule has 0 aromatic heterocycles. The predicted octanol–water partition coefficient (Wildman–Crippen LogP) is 4.94. The zero-order chi connectivity index (χ0) is 18.1. The molecule has 0 atom stereocenters. The Kier molecular flexibility index (Phi) is 32.5. The zero-order valence-corrected chi connectivity index (χ0v) is 17.9. The topological polar surface area (TPSA) is 60.7 Å². The fourth-order valence-corrected chi connectivity index (χ4v) is 4.47. The van der Waals surface area contributed by atoms with Gasteiger partial charge in [-0.25, -0.2) is 0 Å². The maximum atomic E-state index is 8.60. The molecule has 3 nitrogen and oxygen atoms in total. The first-order valence-electron chi connectivity index (χ1n) is 9.51. The van der Waals surface area contributed by atoms with Gasteiger partial charge in [-0.05, 0) is 44.3 Å². The second-order valence-corrected chi connectivity index (χ2v) is 8.93. The molecule has 24 heavy (non-hydrogen) atoms. The van der Waals surface area contributed by atoms with Crippen LogP contribution >= 0.6 is 34.2 Å². The molecule has 0 radical (unpaired) electrons. The summed E-state index contributed by atoms with van der Waals surface area (Å²) in [6, 6.07) is 0. The summed E-state index contributed by atoms with van der Waals surface area (Å²) in [4.78, 5) is 0. The Morgan fingerprint density at radius 2 is 0.792 bits per heavy atom. The molecule has 0 spiro atoms. The van der Waals surface area contributed by atoms with E-state index in [1.807, 2.05) is 21.6 Å². The van der Waals surface area contributed by atoms with Gasteiger partial charge in [0.2, 0.25) is 0 Å². The van der Waals surface area contributed by atoms with Gasteiger partial charge in [0.1, 0.15) is 0 Å². The summed E-state index contributed by atoms with van der Waals surface area (Å²) in [6.45, 7) is 1.03. The van der Waals surface area contributed by atoms with Crippen LogP contribution in [0.5, 0.6) is 0 Å². The van der Waals surface area contributed by atoms with Gasteiger partial charge >= 0.3 is 0 Å². The lowest BCUT2D eigenvalue weighted by Crippen LogP contribution is -1.85. The molecule has 3 N–H and O–H groups in total. The highest BCUT2D eigenvalue weighted by Crippen LogP contribution is 2.24. The molecule has 0 heterocycles. The minimum absolute atomic E-state index is 0.340. The monoisotopic (exact) mass is 400 g/mol. The number of hydrogen-bond acceptors (Lipinski definition) is 6. The molecule has 0 aliphatic carbocycles. The molecule has 0 aromatic rings. The highest BCUT2D eigenvalue weighted by molar-refractivity contribution is 8.76. The molecule has 0 unspecified atom stereocenters. The number of hydrogen-bond donors (Lipinski definition) is 4. The fraction of sp³-hybridized carbons (Fsp3) is 1.00. The van der Waals surface area contributed by atoms with Gasteiger partial charge in [0.25, 0.3) is 0 Å². The third-order valence-corrected chi connectivity index (χ3v) is 6.31. The molecular formula is C18H40O3S3. The van der Waals surface area contributed by atoms with Crippen molar-refractivity contribution >= 4 is 34.2 Å². The average Bonchev–Trinajstić information content (AvgIpc) is 2.60. The smallest absolute Gasteiger partial charge is 0.0431 e. The van der Waals surface area contributed by atoms with E-state index in [9.17, 15) is 0 Å². The Morgan fingerprint density at radius 1 is 0.458 bits per heavy atom. The van der Waals surface area contributed by atoms with Gasteiger partial charge in [-0.2, -0.15) is 12.6 Å². The van der Waals surface area contributed by atoms with Gasteiger partial charge in [0.05, 0.1) is 0 Å². The standard InChI is InChI=1S/C12H26O2S2.C6H14OS/c13-9-5-1-3-7-11-15-16-12-8-4-2-6-10-14;7-5-3-1-2-4-6-8/h13-14H,1-12H2;7-8H,1-6H2. The molecule has 0 fully saturated rings. The minimum atomic E-state index is 0.340. The Labute approximate surface area is 163 Å². The molecule has 148 valence electrons. The van der Waals surface area contributed by atoms with Crippen LogP contribution in [0.25, 0.3) is 0 Å². The lowest BCUT2D eigenvalue weighted by Gasteiger charge is -2.01. The summed E-state index contributed by atoms with van der Waals surface area (Å²) in [5, 5.41) is 25.6. The number of rotatable bonds is 18. The van der Waals surface area contributed by atoms with Crippen LogP contribution in [0.3, 0.4) is 0 Å². The number of thiol groups is 1. The summed E-state index contributed by atoms with van der Waals surface area (Å²) in [5.41, 5.74) is 0. The average molecular weight is 401 g/mol. The Morgan fingerprint density at radius 3 is 1.12 bits per heavy atom. The first-order valence-corrected chi connectivity index (χ1v) is 12.6. The quantitative estimate of drug-likeness (QED) is 0.149. The van der Waals surface area contributed by atoms with E-state index in [0.717, 1.165) is 31.4 Å². The summed E-state index contributed by atoms with van der Waals surface area (Å²) in [7, 11) is 3.96. The van der Waals surface area contributed by atoms with E-state index in [1.165, 1.54) is 62.9 Å². The van der Waals surface area contributed by atoms with Crippen LogP contribution in [0.1, 0.15) is 77.0 Å². The molecular weight excluding hydrogens is 360 g/mol. The van der Waals surface area contributed by atoms with Crippen molar-refractivity contribution < 1.29 is 15.3 Å². The molecule has 0 rings (SSSR count). The van der Waals surface area contributed by atoms with Crippen molar-refractivity contribution in [3.05, 3.63) is 0 Å². The van der Waals surface area contributed by atoms with Gasteiger partial charge in [0.15, 0.2) is 0 Å². The molecule has 0 bridgehead atoms. The van der Waals surface area contributed by atoms with Crippen molar-refractivity contribution in [2.24, 2.45) is 0 Å². The van der Waals surface area contributed by atoms with Crippen molar-refractivity contribution in [1.82, 2.24) is 0 Å². The summed E-state index contributed by atoms with van der Waals surface area (Å²) in [6.07, 6.45) is 13.8. The Bertz CT molecular complexity index is 178. The van der Waals surface area contributed by atoms with Crippen LogP contribution in [0.15, 0.2) is 0 Å². The largest absolute Gasteiger partial charge is 0.396 e. The number of unbranched alkanes of at least 4 members (excludes halogenated alkanes) is 9. The third kappa shape index (κ3) is 30.8. The normalized spacial score (nSPS) is 10.5. The van der Waals surface area contributed by atoms with E-state index in [2.05, 4.69) is 12.6 Å². The molecule has 0 saturated heterocycles. The summed E-state index contributed by atoms with van der Waals surface area (Å²) >= 11 is 4.06. The second kappa shape index (κ2) is 28.7. The summed E-state index contributed by atoms with van der Waals surface area (Å²) < 4.78 is 0. The lowest BCUT2D eigenvalue weighted by molar-refractivity contribution is 0.282. The van der Waals surface area contributed by atoms with Gasteiger partial charge in [-0.3, -0.25) is 0 Å². The van der Waals surface area contributed by atoms with Crippen LogP contribution in [0.2, 0.25) is 0 Å². The highest BCUT2D eigenvalue weighted by atomic mass is 33.1. The maximum Gasteiger partial charge on any atom is 0.0431 e. The van der Waals surface area contributed by atoms with Crippen molar-refractivity contribution in [2.75, 3.05) is 37.1 Å². The second-order valence-electron chi connectivity index (χ2n) is 5.78. The van der Waals surface area contributed by atoms with Crippen molar-refractivity contribution in [2.45, 2.75) is 77.0 Å². The van der Waals surface area contributed by atoms with Crippen LogP contribution in [0.4, 0.5) is 0 Å². The lowest BCUT2D eigenvalue weighted by atomic mass is 10.2. The number of aliphatic hydroxyl groups is 3. The van der Waals surface area contributed by atoms with E-state index >= 15 is 0 Å². The zero-order valence-electron chi connectivity index (χ0n) is 15.3. The van der Waals surface area contributed by atoms with Gasteiger partial charge < -0.3 is 15.3 Å². The molecule has 0 aliphatic rings. The van der Waals surface area contributed by atoms with E-state index in [0.29, 0.717) is 19.8 Å². The third-order valence-electron chi connectivity index (χ3n) is 3.42. The molecule has 6 heteroatoms. The highest BCUT2D eigenvalue weighted by Gasteiger charge is 1.93. The van der Waals surface area contributed by atoms with E-state index in [4.69, 9.17) is 15.3 Å². The first-order chi connectivity index (χ1) is 11.8. The first kappa shape index (κ1) is 27.2. The minimum Gasteiger partial charge on any atom is -0.396 e. The van der Waals surface area contributed by atoms with Gasteiger partial charge in [-0.1, -0.05) is 60.1 Å². The summed E-state index contributed by atoms with van der Waals surface area (Å²) in [5.74, 6) is 3.46. The van der Waals surface area contributed by atoms with Crippen molar-refractivity contribution in [3.63, 3.8) is 0 Å². The van der Waals surface area contributed by atoms with E-state index in [-0.39, 0.29) is 0 Å². The molecule has 0 aromatic carbocycles. The Balaban J connectivity index is 0. The van der Waals surface area contributed by atoms with E-state index in [1.54, 1.807) is 0 Å². The Hall–Kier alpha value is 0.930. The molecule has 0 saturated carbocycles. The van der Waals surface area contributed by atoms with Crippen molar-refractivity contribution in [1.29, 1.82) is 0 Å². The SMILES string of the molecule is OCCCCCCS.OCCCCCCSSCCCCCCO. The van der Waals surface area contributed by atoms with Gasteiger partial charge in [-0.15, -0.1) is 0 Å².